The lowest BCUT2D eigenvalue weighted by Gasteiger charge is -2.04. The molecule has 0 aliphatic carbocycles. The average Bonchev–Trinajstić information content (AvgIpc) is 3.95. The Morgan fingerprint density at radius 1 is 0.404 bits per heavy atom. The molecule has 0 spiro atoms. The van der Waals surface area contributed by atoms with E-state index in [0.717, 1.165) is 0 Å². The van der Waals surface area contributed by atoms with E-state index in [9.17, 15) is 0 Å². The summed E-state index contributed by atoms with van der Waals surface area (Å²) < 4.78 is 0. The highest BCUT2D eigenvalue weighted by Crippen LogP contribution is 2.44. The van der Waals surface area contributed by atoms with E-state index in [1.54, 1.807) is 11.1 Å². The van der Waals surface area contributed by atoms with Gasteiger partial charge in [-0.25, -0.2) is 0 Å². The van der Waals surface area contributed by atoms with Gasteiger partial charge in [0.1, 0.15) is 0 Å². The molecule has 4 aromatic rings. The van der Waals surface area contributed by atoms with E-state index < -0.39 is 0 Å². The average molecular weight is 777 g/mol. The van der Waals surface area contributed by atoms with Crippen LogP contribution in [0.2, 0.25) is 0 Å². The first-order valence-electron chi connectivity index (χ1n) is 21.6. The maximum Gasteiger partial charge on any atom is 0.0481 e. The molecule has 0 atom stereocenters. The van der Waals surface area contributed by atoms with Crippen molar-refractivity contribution in [2.24, 2.45) is 0 Å². The summed E-state index contributed by atoms with van der Waals surface area (Å²) >= 11 is 7.91. The van der Waals surface area contributed by atoms with Gasteiger partial charge in [-0.05, 0) is 99.2 Å². The Labute approximate surface area is 336 Å². The molecule has 52 heavy (non-hydrogen) atoms. The third kappa shape index (κ3) is 16.5. The normalized spacial score (nSPS) is 11.8. The highest BCUT2D eigenvalue weighted by atomic mass is 32.1. The van der Waals surface area contributed by atoms with Crippen LogP contribution in [-0.4, -0.2) is 0 Å². The van der Waals surface area contributed by atoms with Crippen molar-refractivity contribution in [1.82, 2.24) is 0 Å². The van der Waals surface area contributed by atoms with Gasteiger partial charge in [-0.15, -0.1) is 45.3 Å². The van der Waals surface area contributed by atoms with Gasteiger partial charge in [-0.2, -0.15) is 0 Å². The quantitative estimate of drug-likeness (QED) is 0.0463. The summed E-state index contributed by atoms with van der Waals surface area (Å²) in [4.78, 5) is 11.5. The van der Waals surface area contributed by atoms with E-state index >= 15 is 0 Å². The van der Waals surface area contributed by atoms with Crippen molar-refractivity contribution in [2.75, 3.05) is 0 Å². The molecular formula is C48H72S4. The smallest absolute Gasteiger partial charge is 0.0481 e. The van der Waals surface area contributed by atoms with Crippen molar-refractivity contribution < 1.29 is 0 Å². The lowest BCUT2D eigenvalue weighted by Crippen LogP contribution is -1.87. The van der Waals surface area contributed by atoms with Crippen molar-refractivity contribution in [3.8, 4) is 19.5 Å². The van der Waals surface area contributed by atoms with E-state index in [1.807, 2.05) is 45.3 Å². The summed E-state index contributed by atoms with van der Waals surface area (Å²) in [6.45, 7) is 9.17. The molecule has 0 saturated heterocycles. The molecule has 0 saturated carbocycles. The minimum atomic E-state index is 1.21. The molecule has 0 fully saturated rings. The number of aryl methyl sites for hydroxylation is 4. The lowest BCUT2D eigenvalue weighted by molar-refractivity contribution is 0.544. The second-order valence-electron chi connectivity index (χ2n) is 15.4. The first-order chi connectivity index (χ1) is 25.6. The fourth-order valence-electron chi connectivity index (χ4n) is 7.42. The van der Waals surface area contributed by atoms with Gasteiger partial charge in [-0.1, -0.05) is 155 Å². The SMILES string of the molecule is CCCCCCCCCCCCCCc1cc(-c2cc(CCCCCCCCCCCCCC)c(-c3ccc(/C=C/c4ccc(C)s4)s3)s2)sc1C. The van der Waals surface area contributed by atoms with Crippen LogP contribution in [0.5, 0.6) is 0 Å². The zero-order valence-corrected chi connectivity index (χ0v) is 36.9. The van der Waals surface area contributed by atoms with Crippen molar-refractivity contribution in [2.45, 2.75) is 195 Å². The van der Waals surface area contributed by atoms with Crippen molar-refractivity contribution in [3.63, 3.8) is 0 Å². The Hall–Kier alpha value is -1.46. The molecule has 0 bridgehead atoms. The molecule has 0 aliphatic heterocycles. The van der Waals surface area contributed by atoms with Crippen molar-refractivity contribution in [1.29, 1.82) is 0 Å². The highest BCUT2D eigenvalue weighted by molar-refractivity contribution is 7.26. The molecule has 4 heterocycles. The summed E-state index contributed by atoms with van der Waals surface area (Å²) in [6, 6.07) is 14.3. The zero-order valence-electron chi connectivity index (χ0n) is 33.6. The van der Waals surface area contributed by atoms with Crippen LogP contribution in [0, 0.1) is 13.8 Å². The largest absolute Gasteiger partial charge is 0.141 e. The van der Waals surface area contributed by atoms with Crippen LogP contribution < -0.4 is 0 Å². The van der Waals surface area contributed by atoms with E-state index in [1.165, 1.54) is 206 Å². The molecule has 4 heteroatoms. The van der Waals surface area contributed by atoms with Gasteiger partial charge < -0.3 is 0 Å². The lowest BCUT2D eigenvalue weighted by atomic mass is 10.0. The Kier molecular flexibility index (Phi) is 21.9. The number of rotatable bonds is 30. The van der Waals surface area contributed by atoms with Crippen molar-refractivity contribution in [3.05, 3.63) is 67.0 Å². The van der Waals surface area contributed by atoms with Crippen LogP contribution in [0.1, 0.15) is 199 Å². The Morgan fingerprint density at radius 2 is 0.827 bits per heavy atom. The van der Waals surface area contributed by atoms with Gasteiger partial charge in [0.15, 0.2) is 0 Å². The van der Waals surface area contributed by atoms with Crippen LogP contribution in [0.3, 0.4) is 0 Å². The fourth-order valence-corrected chi connectivity index (χ4v) is 11.6. The molecule has 0 aromatic carbocycles. The van der Waals surface area contributed by atoms with Crippen LogP contribution in [0.25, 0.3) is 31.7 Å². The summed E-state index contributed by atoms with van der Waals surface area (Å²) in [7, 11) is 0. The summed E-state index contributed by atoms with van der Waals surface area (Å²) in [5.41, 5.74) is 3.17. The summed E-state index contributed by atoms with van der Waals surface area (Å²) in [5, 5.41) is 0. The maximum atomic E-state index is 2.57. The number of unbranched alkanes of at least 4 members (excludes halogenated alkanes) is 22. The van der Waals surface area contributed by atoms with Crippen LogP contribution in [0.4, 0.5) is 0 Å². The second kappa shape index (κ2) is 26.4. The Balaban J connectivity index is 1.28. The predicted octanol–water partition coefficient (Wildman–Crippen LogP) is 18.5. The molecule has 4 rings (SSSR count). The van der Waals surface area contributed by atoms with Gasteiger partial charge in [-0.3, -0.25) is 0 Å². The standard InChI is InChI=1S/C48H72S4/c1-5-7-9-11-13-15-17-19-21-23-25-27-29-41-37-46(50-40(41)4)47-38-42(30-28-26-24-22-20-18-16-14-12-10-8-6-2)48(52-47)45-36-35-44(51-45)34-33-43-32-31-39(3)49-43/h31-38H,5-30H2,1-4H3/b34-33+. The van der Waals surface area contributed by atoms with Crippen molar-refractivity contribution >= 4 is 57.5 Å². The maximum absolute atomic E-state index is 2.57. The molecule has 4 aromatic heterocycles. The first-order valence-corrected chi connectivity index (χ1v) is 24.9. The van der Waals surface area contributed by atoms with Crippen LogP contribution in [0.15, 0.2) is 36.4 Å². The predicted molar refractivity (Wildman–Crippen MR) is 243 cm³/mol. The van der Waals surface area contributed by atoms with E-state index in [4.69, 9.17) is 0 Å². The molecule has 0 nitrogen and oxygen atoms in total. The molecule has 0 unspecified atom stereocenters. The van der Waals surface area contributed by atoms with E-state index in [-0.39, 0.29) is 0 Å². The van der Waals surface area contributed by atoms with Gasteiger partial charge in [0.05, 0.1) is 0 Å². The van der Waals surface area contributed by atoms with Gasteiger partial charge in [0.2, 0.25) is 0 Å². The molecular weight excluding hydrogens is 705 g/mol. The molecule has 288 valence electrons. The molecule has 0 amide bonds. The van der Waals surface area contributed by atoms with Gasteiger partial charge >= 0.3 is 0 Å². The Morgan fingerprint density at radius 3 is 1.33 bits per heavy atom. The second-order valence-corrected chi connectivity index (χ2v) is 20.2. The van der Waals surface area contributed by atoms with E-state index in [2.05, 4.69) is 76.2 Å². The third-order valence-electron chi connectivity index (χ3n) is 10.7. The zero-order chi connectivity index (χ0) is 36.6. The van der Waals surface area contributed by atoms with Crippen LogP contribution >= 0.6 is 45.3 Å². The molecule has 0 radical (unpaired) electrons. The van der Waals surface area contributed by atoms with Gasteiger partial charge in [0.25, 0.3) is 0 Å². The highest BCUT2D eigenvalue weighted by Gasteiger charge is 2.17. The molecule has 0 aliphatic rings. The minimum absolute atomic E-state index is 1.21. The summed E-state index contributed by atoms with van der Waals surface area (Å²) in [5.74, 6) is 0. The topological polar surface area (TPSA) is 0 Å². The number of thiophene rings is 4. The number of hydrogen-bond donors (Lipinski definition) is 0. The summed E-state index contributed by atoms with van der Waals surface area (Å²) in [6.07, 6.45) is 40.9. The fraction of sp³-hybridized carbons (Fsp3) is 0.625. The van der Waals surface area contributed by atoms with Crippen LogP contribution in [-0.2, 0) is 12.8 Å². The Bertz CT molecular complexity index is 1510. The first kappa shape index (κ1) is 43.3. The van der Waals surface area contributed by atoms with Gasteiger partial charge in [0, 0.05) is 39.0 Å². The number of hydrogen-bond acceptors (Lipinski definition) is 4. The third-order valence-corrected chi connectivity index (χ3v) is 15.4. The molecule has 0 N–H and O–H groups in total. The van der Waals surface area contributed by atoms with E-state index in [0.29, 0.717) is 0 Å². The monoisotopic (exact) mass is 776 g/mol. The minimum Gasteiger partial charge on any atom is -0.141 e.